The molecule has 13 heteroatoms. The van der Waals surface area contributed by atoms with Gasteiger partial charge in [-0.15, -0.1) is 0 Å². The molecule has 2 aliphatic rings. The fourth-order valence-electron chi connectivity index (χ4n) is 3.15. The first kappa shape index (κ1) is 23.6. The van der Waals surface area contributed by atoms with E-state index in [9.17, 15) is 9.13 Å². The van der Waals surface area contributed by atoms with Crippen LogP contribution in [-0.2, 0) is 41.4 Å². The summed E-state index contributed by atoms with van der Waals surface area (Å²) in [5.74, 6) is 0. The SMILES string of the molecule is [B-]P(=O)(OC)O[C@@H]1C[C@H](C)O[C@@H]1COP([B-])(=O)O[C@@H]1C[C@H](C)O[C@@H]1COC. The van der Waals surface area contributed by atoms with Crippen molar-refractivity contribution in [2.24, 2.45) is 0 Å². The summed E-state index contributed by atoms with van der Waals surface area (Å²) in [6, 6.07) is 0. The summed E-state index contributed by atoms with van der Waals surface area (Å²) in [7, 11) is 6.31. The highest BCUT2D eigenvalue weighted by Gasteiger charge is 2.37. The predicted molar refractivity (Wildman–Crippen MR) is 99.2 cm³/mol. The molecule has 0 aromatic rings. The second-order valence-electron chi connectivity index (χ2n) is 6.74. The molecule has 2 rings (SSSR count). The van der Waals surface area contributed by atoms with Crippen LogP contribution in [0.4, 0.5) is 0 Å². The van der Waals surface area contributed by atoms with Crippen molar-refractivity contribution in [2.75, 3.05) is 27.4 Å². The molecule has 0 aromatic heterocycles. The average molecular weight is 422 g/mol. The van der Waals surface area contributed by atoms with E-state index < -0.39 is 33.3 Å². The van der Waals surface area contributed by atoms with E-state index in [-0.39, 0.29) is 31.5 Å². The van der Waals surface area contributed by atoms with Gasteiger partial charge in [0, 0.05) is 27.1 Å². The standard InChI is InChI=1S/C14H26B2O9P2/c1-9-5-11(13(22-9)7-19-3)25-27(16,18)21-8-14-12(6-10(2)23-14)24-26(15,17)20-4/h9-14H,5-8H2,1-4H3/q-2/t9-,10-,11+,12+,13+,14+,26?,27?/m0/s1. The van der Waals surface area contributed by atoms with Crippen molar-refractivity contribution in [3.63, 3.8) is 0 Å². The Kier molecular flexibility index (Phi) is 8.63. The number of hydrogen-bond acceptors (Lipinski definition) is 9. The topological polar surface area (TPSA) is 98.8 Å². The molecule has 2 aliphatic heterocycles. The zero-order valence-corrected chi connectivity index (χ0v) is 17.8. The molecule has 6 radical (unpaired) electrons. The minimum Gasteiger partial charge on any atom is -0.444 e. The van der Waals surface area contributed by atoms with Crippen molar-refractivity contribution in [3.8, 4) is 0 Å². The van der Waals surface area contributed by atoms with E-state index in [0.29, 0.717) is 12.8 Å². The van der Waals surface area contributed by atoms with Gasteiger partial charge in [-0.25, -0.2) is 0 Å². The van der Waals surface area contributed by atoms with Gasteiger partial charge in [0.2, 0.25) is 0 Å². The fraction of sp³-hybridized carbons (Fsp3) is 1.00. The highest BCUT2D eigenvalue weighted by molar-refractivity contribution is 7.79. The average Bonchev–Trinajstić information content (AvgIpc) is 3.07. The Morgan fingerprint density at radius 3 is 1.85 bits per heavy atom. The molecule has 0 aliphatic carbocycles. The predicted octanol–water partition coefficient (Wildman–Crippen LogP) is 1.97. The van der Waals surface area contributed by atoms with Crippen molar-refractivity contribution in [2.45, 2.75) is 63.3 Å². The van der Waals surface area contributed by atoms with Gasteiger partial charge in [-0.2, -0.15) is 0 Å². The van der Waals surface area contributed by atoms with Crippen LogP contribution in [0.15, 0.2) is 0 Å². The molecule has 2 fully saturated rings. The van der Waals surface area contributed by atoms with Crippen LogP contribution in [-0.4, -0.2) is 79.2 Å². The molecule has 2 heterocycles. The lowest BCUT2D eigenvalue weighted by Gasteiger charge is -2.34. The number of rotatable bonds is 10. The van der Waals surface area contributed by atoms with Crippen molar-refractivity contribution in [3.05, 3.63) is 0 Å². The van der Waals surface area contributed by atoms with E-state index in [0.717, 1.165) is 0 Å². The zero-order valence-electron chi connectivity index (χ0n) is 16.0. The van der Waals surface area contributed by atoms with Gasteiger partial charge < -0.3 is 56.6 Å². The van der Waals surface area contributed by atoms with Crippen molar-refractivity contribution < 1.29 is 41.4 Å². The van der Waals surface area contributed by atoms with Gasteiger partial charge in [-0.3, -0.25) is 0 Å². The Morgan fingerprint density at radius 2 is 1.37 bits per heavy atom. The molecular formula is C14H26B2O9P2-2. The summed E-state index contributed by atoms with van der Waals surface area (Å²) in [5, 5.41) is 0. The quantitative estimate of drug-likeness (QED) is 0.387. The molecule has 9 nitrogen and oxygen atoms in total. The molecule has 2 saturated heterocycles. The van der Waals surface area contributed by atoms with Gasteiger partial charge in [0.05, 0.1) is 52.6 Å². The highest BCUT2D eigenvalue weighted by atomic mass is 31.2. The Balaban J connectivity index is 1.91. The Bertz CT molecular complexity index is 581. The molecule has 0 aromatic carbocycles. The molecule has 0 spiro atoms. The smallest absolute Gasteiger partial charge is 0.108 e. The van der Waals surface area contributed by atoms with Crippen LogP contribution >= 0.6 is 14.9 Å². The van der Waals surface area contributed by atoms with Crippen LogP contribution in [0.2, 0.25) is 0 Å². The van der Waals surface area contributed by atoms with Gasteiger partial charge in [-0.1, -0.05) is 0 Å². The maximum absolute atomic E-state index is 12.5. The van der Waals surface area contributed by atoms with E-state index in [2.05, 4.69) is 4.52 Å². The monoisotopic (exact) mass is 422 g/mol. The minimum absolute atomic E-state index is 0.0697. The molecule has 154 valence electrons. The molecule has 0 saturated carbocycles. The summed E-state index contributed by atoms with van der Waals surface area (Å²) in [4.78, 5) is 0. The van der Waals surface area contributed by atoms with Crippen molar-refractivity contribution in [1.82, 2.24) is 0 Å². The van der Waals surface area contributed by atoms with Gasteiger partial charge in [0.15, 0.2) is 0 Å². The lowest BCUT2D eigenvalue weighted by molar-refractivity contribution is -0.0306. The molecule has 8 atom stereocenters. The summed E-state index contributed by atoms with van der Waals surface area (Å²) < 4.78 is 61.5. The normalized spacial score (nSPS) is 38.6. The third-order valence-electron chi connectivity index (χ3n) is 4.34. The van der Waals surface area contributed by atoms with Crippen LogP contribution in [0.25, 0.3) is 0 Å². The first-order chi connectivity index (χ1) is 12.5. The molecular weight excluding hydrogens is 396 g/mol. The third-order valence-corrected chi connectivity index (χ3v) is 6.49. The third kappa shape index (κ3) is 7.25. The number of hydrogen-bond donors (Lipinski definition) is 0. The fourth-order valence-corrected chi connectivity index (χ4v) is 4.85. The van der Waals surface area contributed by atoms with Gasteiger partial charge in [0.25, 0.3) is 0 Å². The maximum atomic E-state index is 12.5. The second kappa shape index (κ2) is 9.88. The molecule has 0 N–H and O–H groups in total. The highest BCUT2D eigenvalue weighted by Crippen LogP contribution is 2.49. The van der Waals surface area contributed by atoms with Crippen LogP contribution in [0.1, 0.15) is 26.7 Å². The lowest BCUT2D eigenvalue weighted by Crippen LogP contribution is -2.30. The van der Waals surface area contributed by atoms with Gasteiger partial charge >= 0.3 is 0 Å². The van der Waals surface area contributed by atoms with Crippen LogP contribution < -0.4 is 0 Å². The summed E-state index contributed by atoms with van der Waals surface area (Å²) in [5.41, 5.74) is 0. The van der Waals surface area contributed by atoms with Crippen LogP contribution in [0.5, 0.6) is 0 Å². The molecule has 27 heavy (non-hydrogen) atoms. The summed E-state index contributed by atoms with van der Waals surface area (Å²) >= 11 is 0. The Hall–Kier alpha value is 0.310. The van der Waals surface area contributed by atoms with Crippen LogP contribution in [0.3, 0.4) is 0 Å². The van der Waals surface area contributed by atoms with E-state index in [1.165, 1.54) is 14.2 Å². The second-order valence-corrected chi connectivity index (χ2v) is 9.95. The van der Waals surface area contributed by atoms with Crippen molar-refractivity contribution >= 4 is 30.1 Å². The largest absolute Gasteiger partial charge is 0.444 e. The molecule has 2 unspecified atom stereocenters. The van der Waals surface area contributed by atoms with Crippen LogP contribution in [0, 0.1) is 0 Å². The Morgan fingerprint density at radius 1 is 0.889 bits per heavy atom. The van der Waals surface area contributed by atoms with E-state index in [4.69, 9.17) is 42.9 Å². The van der Waals surface area contributed by atoms with Crippen molar-refractivity contribution in [1.29, 1.82) is 0 Å². The summed E-state index contributed by atoms with van der Waals surface area (Å²) in [6.45, 7) is 3.81. The van der Waals surface area contributed by atoms with E-state index >= 15 is 0 Å². The van der Waals surface area contributed by atoms with E-state index in [1.54, 1.807) is 0 Å². The summed E-state index contributed by atoms with van der Waals surface area (Å²) in [6.07, 6.45) is -1.51. The first-order valence-electron chi connectivity index (χ1n) is 8.69. The maximum Gasteiger partial charge on any atom is 0.108 e. The first-order valence-corrected chi connectivity index (χ1v) is 11.9. The van der Waals surface area contributed by atoms with Gasteiger partial charge in [-0.05, 0) is 13.8 Å². The molecule has 0 bridgehead atoms. The Labute approximate surface area is 162 Å². The number of methoxy groups -OCH3 is 1. The van der Waals surface area contributed by atoms with Gasteiger partial charge in [0.1, 0.15) is 12.2 Å². The lowest BCUT2D eigenvalue weighted by atomic mass is 10.1. The van der Waals surface area contributed by atoms with E-state index in [1.807, 2.05) is 13.8 Å². The minimum atomic E-state index is -3.89. The zero-order chi connectivity index (χ0) is 20.2. The molecule has 0 amide bonds. The number of ether oxygens (including phenoxy) is 3.